The largest absolute Gasteiger partial charge is 0.466 e. The van der Waals surface area contributed by atoms with E-state index in [-0.39, 0.29) is 18.5 Å². The molecule has 1 amide bonds. The predicted molar refractivity (Wildman–Crippen MR) is 287 cm³/mol. The Bertz CT molecular complexity index is 986. The van der Waals surface area contributed by atoms with Crippen molar-refractivity contribution < 1.29 is 24.5 Å². The Morgan fingerprint density at radius 1 is 0.409 bits per heavy atom. The van der Waals surface area contributed by atoms with E-state index in [9.17, 15) is 19.8 Å². The number of aliphatic hydroxyl groups excluding tert-OH is 2. The molecule has 6 nitrogen and oxygen atoms in total. The second-order valence-electron chi connectivity index (χ2n) is 20.7. The molecule has 0 heterocycles. The number of unbranched alkanes of at least 4 members (excludes halogenated alkanes) is 43. The van der Waals surface area contributed by atoms with E-state index in [4.69, 9.17) is 4.74 Å². The van der Waals surface area contributed by atoms with Crippen molar-refractivity contribution in [1.29, 1.82) is 0 Å². The number of hydrogen-bond acceptors (Lipinski definition) is 5. The predicted octanol–water partition coefficient (Wildman–Crippen LogP) is 18.5. The zero-order chi connectivity index (χ0) is 47.9. The highest BCUT2D eigenvalue weighted by Gasteiger charge is 2.20. The number of hydrogen-bond donors (Lipinski definition) is 3. The molecular weight excluding hydrogens is 815 g/mol. The molecule has 6 heteroatoms. The summed E-state index contributed by atoms with van der Waals surface area (Å²) < 4.78 is 5.47. The lowest BCUT2D eigenvalue weighted by molar-refractivity contribution is -0.143. The fraction of sp³-hybridized carbons (Fsp3) is 0.933. The maximum atomic E-state index is 12.5. The molecule has 0 aromatic rings. The fourth-order valence-corrected chi connectivity index (χ4v) is 9.46. The van der Waals surface area contributed by atoms with Crippen LogP contribution in [-0.4, -0.2) is 47.4 Å². The van der Waals surface area contributed by atoms with Gasteiger partial charge in [0.25, 0.3) is 0 Å². The van der Waals surface area contributed by atoms with Crippen LogP contribution in [0.5, 0.6) is 0 Å². The van der Waals surface area contributed by atoms with Crippen molar-refractivity contribution in [3.05, 3.63) is 12.2 Å². The lowest BCUT2D eigenvalue weighted by atomic mass is 10.0. The van der Waals surface area contributed by atoms with Crippen LogP contribution in [0.3, 0.4) is 0 Å². The van der Waals surface area contributed by atoms with Gasteiger partial charge in [0.05, 0.1) is 25.4 Å². The highest BCUT2D eigenvalue weighted by atomic mass is 16.5. The SMILES string of the molecule is CCCCCCCC/C=C\CCCCCCCC(=O)OCCCCCCCCCCCCCCCC(=O)NC(CO)C(O)CCCCCCCCCCCCCCCCCCCCCCC. The van der Waals surface area contributed by atoms with Gasteiger partial charge in [-0.2, -0.15) is 0 Å². The van der Waals surface area contributed by atoms with Crippen molar-refractivity contribution in [2.45, 2.75) is 347 Å². The first kappa shape index (κ1) is 64.6. The van der Waals surface area contributed by atoms with Crippen LogP contribution in [-0.2, 0) is 14.3 Å². The zero-order valence-corrected chi connectivity index (χ0v) is 44.7. The van der Waals surface area contributed by atoms with Gasteiger partial charge in [-0.3, -0.25) is 9.59 Å². The zero-order valence-electron chi connectivity index (χ0n) is 44.7. The Morgan fingerprint density at radius 3 is 1.08 bits per heavy atom. The minimum Gasteiger partial charge on any atom is -0.466 e. The van der Waals surface area contributed by atoms with E-state index in [1.807, 2.05) is 0 Å². The molecule has 0 saturated heterocycles. The second-order valence-corrected chi connectivity index (χ2v) is 20.7. The monoisotopic (exact) mass is 932 g/mol. The summed E-state index contributed by atoms with van der Waals surface area (Å²) in [5, 5.41) is 23.3. The molecule has 3 N–H and O–H groups in total. The van der Waals surface area contributed by atoms with E-state index < -0.39 is 12.1 Å². The van der Waals surface area contributed by atoms with Gasteiger partial charge in [0.2, 0.25) is 5.91 Å². The Hall–Kier alpha value is -1.40. The summed E-state index contributed by atoms with van der Waals surface area (Å²) in [6.45, 7) is 4.94. The molecule has 392 valence electrons. The molecule has 2 unspecified atom stereocenters. The Labute approximate surface area is 412 Å². The average molecular weight is 933 g/mol. The van der Waals surface area contributed by atoms with E-state index in [0.717, 1.165) is 51.4 Å². The maximum Gasteiger partial charge on any atom is 0.305 e. The van der Waals surface area contributed by atoms with Crippen molar-refractivity contribution in [1.82, 2.24) is 5.32 Å². The van der Waals surface area contributed by atoms with Crippen LogP contribution in [0, 0.1) is 0 Å². The normalized spacial score (nSPS) is 12.6. The average Bonchev–Trinajstić information content (AvgIpc) is 3.32. The number of carbonyl (C=O) groups is 2. The second kappa shape index (κ2) is 56.2. The van der Waals surface area contributed by atoms with Crippen LogP contribution in [0.4, 0.5) is 0 Å². The number of rotatable bonds is 56. The quantitative estimate of drug-likeness (QED) is 0.0321. The van der Waals surface area contributed by atoms with Crippen molar-refractivity contribution in [2.75, 3.05) is 13.2 Å². The number of esters is 1. The lowest BCUT2D eigenvalue weighted by Gasteiger charge is -2.22. The van der Waals surface area contributed by atoms with E-state index in [0.29, 0.717) is 25.9 Å². The Balaban J connectivity index is 3.44. The van der Waals surface area contributed by atoms with E-state index in [1.165, 1.54) is 250 Å². The molecule has 0 radical (unpaired) electrons. The summed E-state index contributed by atoms with van der Waals surface area (Å²) in [4.78, 5) is 24.6. The topological polar surface area (TPSA) is 95.9 Å². The Kier molecular flexibility index (Phi) is 55.0. The molecule has 0 bridgehead atoms. The molecule has 0 aliphatic carbocycles. The van der Waals surface area contributed by atoms with Crippen molar-refractivity contribution in [3.8, 4) is 0 Å². The van der Waals surface area contributed by atoms with Gasteiger partial charge in [-0.05, 0) is 51.4 Å². The number of allylic oxidation sites excluding steroid dienone is 2. The number of aliphatic hydroxyl groups is 2. The van der Waals surface area contributed by atoms with Crippen LogP contribution < -0.4 is 5.32 Å². The van der Waals surface area contributed by atoms with Gasteiger partial charge in [-0.25, -0.2) is 0 Å². The van der Waals surface area contributed by atoms with Gasteiger partial charge >= 0.3 is 5.97 Å². The molecular formula is C60H117NO5. The van der Waals surface area contributed by atoms with Gasteiger partial charge in [-0.1, -0.05) is 283 Å². The third-order valence-electron chi connectivity index (χ3n) is 14.1. The molecule has 0 fully saturated rings. The number of nitrogens with one attached hydrogen (secondary N) is 1. The summed E-state index contributed by atoms with van der Waals surface area (Å²) in [5.41, 5.74) is 0. The van der Waals surface area contributed by atoms with E-state index in [2.05, 4.69) is 31.3 Å². The van der Waals surface area contributed by atoms with E-state index in [1.54, 1.807) is 0 Å². The lowest BCUT2D eigenvalue weighted by Crippen LogP contribution is -2.45. The van der Waals surface area contributed by atoms with Crippen LogP contribution >= 0.6 is 0 Å². The summed E-state index contributed by atoms with van der Waals surface area (Å²) in [6.07, 6.45) is 66.3. The van der Waals surface area contributed by atoms with E-state index >= 15 is 0 Å². The molecule has 0 aromatic carbocycles. The van der Waals surface area contributed by atoms with Gasteiger partial charge in [0, 0.05) is 12.8 Å². The highest BCUT2D eigenvalue weighted by molar-refractivity contribution is 5.76. The third kappa shape index (κ3) is 52.0. The number of amides is 1. The highest BCUT2D eigenvalue weighted by Crippen LogP contribution is 2.18. The number of ether oxygens (including phenoxy) is 1. The summed E-state index contributed by atoms with van der Waals surface area (Å²) in [5.74, 6) is -0.0567. The number of carbonyl (C=O) groups excluding carboxylic acids is 2. The standard InChI is InChI=1S/C60H117NO5/c1-3-5-7-9-11-13-15-17-19-20-21-22-23-24-26-28-32-36-40-44-48-52-58(63)57(56-62)61-59(64)53-49-45-41-37-33-29-27-31-35-39-43-47-51-55-66-60(65)54-50-46-42-38-34-30-25-18-16-14-12-10-8-6-4-2/h18,25,57-58,62-63H,3-17,19-24,26-56H2,1-2H3,(H,61,64)/b25-18-. The Morgan fingerprint density at radius 2 is 0.712 bits per heavy atom. The van der Waals surface area contributed by atoms with Crippen molar-refractivity contribution in [3.63, 3.8) is 0 Å². The molecule has 0 aliphatic heterocycles. The summed E-state index contributed by atoms with van der Waals surface area (Å²) >= 11 is 0. The van der Waals surface area contributed by atoms with Crippen LogP contribution in [0.15, 0.2) is 12.2 Å². The van der Waals surface area contributed by atoms with Gasteiger partial charge in [0.15, 0.2) is 0 Å². The molecule has 0 spiro atoms. The maximum absolute atomic E-state index is 12.5. The first-order valence-corrected chi connectivity index (χ1v) is 29.9. The molecule has 0 aliphatic rings. The van der Waals surface area contributed by atoms with Crippen LogP contribution in [0.2, 0.25) is 0 Å². The van der Waals surface area contributed by atoms with Gasteiger partial charge in [0.1, 0.15) is 0 Å². The fourth-order valence-electron chi connectivity index (χ4n) is 9.46. The van der Waals surface area contributed by atoms with Gasteiger partial charge in [-0.15, -0.1) is 0 Å². The van der Waals surface area contributed by atoms with Crippen molar-refractivity contribution in [2.24, 2.45) is 0 Å². The summed E-state index contributed by atoms with van der Waals surface area (Å²) in [7, 11) is 0. The van der Waals surface area contributed by atoms with Crippen molar-refractivity contribution >= 4 is 11.9 Å². The first-order chi connectivity index (χ1) is 32.5. The van der Waals surface area contributed by atoms with Gasteiger partial charge < -0.3 is 20.3 Å². The summed E-state index contributed by atoms with van der Waals surface area (Å²) in [6, 6.07) is -0.552. The molecule has 0 saturated carbocycles. The first-order valence-electron chi connectivity index (χ1n) is 29.9. The molecule has 0 rings (SSSR count). The smallest absolute Gasteiger partial charge is 0.305 e. The minimum absolute atomic E-state index is 0.0122. The van der Waals surface area contributed by atoms with Crippen LogP contribution in [0.1, 0.15) is 335 Å². The minimum atomic E-state index is -0.673. The molecule has 2 atom stereocenters. The molecule has 66 heavy (non-hydrogen) atoms. The molecule has 0 aromatic heterocycles. The van der Waals surface area contributed by atoms with Crippen LogP contribution in [0.25, 0.3) is 0 Å². The third-order valence-corrected chi connectivity index (χ3v) is 14.1.